The Balaban J connectivity index is 0.00000450. The van der Waals surface area contributed by atoms with E-state index in [1.54, 1.807) is 25.2 Å². The zero-order valence-corrected chi connectivity index (χ0v) is 19.7. The fourth-order valence-corrected chi connectivity index (χ4v) is 3.28. The molecular weight excluding hydrogens is 509 g/mol. The molecule has 1 heterocycles. The maximum atomic E-state index is 12.6. The summed E-state index contributed by atoms with van der Waals surface area (Å²) in [4.78, 5) is 17.4. The number of rotatable bonds is 10. The van der Waals surface area contributed by atoms with Gasteiger partial charge in [0.25, 0.3) is 0 Å². The Bertz CT molecular complexity index is 679. The van der Waals surface area contributed by atoms with Gasteiger partial charge in [-0.05, 0) is 31.4 Å². The van der Waals surface area contributed by atoms with Crippen molar-refractivity contribution in [3.8, 4) is 5.75 Å². The van der Waals surface area contributed by atoms with E-state index >= 15 is 0 Å². The third-order valence-corrected chi connectivity index (χ3v) is 4.75. The molecule has 30 heavy (non-hydrogen) atoms. The van der Waals surface area contributed by atoms with E-state index in [1.165, 1.54) is 7.11 Å². The number of carbonyl (C=O) groups excluding carboxylic acids is 1. The van der Waals surface area contributed by atoms with E-state index in [9.17, 15) is 13.6 Å². The predicted molar refractivity (Wildman–Crippen MR) is 124 cm³/mol. The van der Waals surface area contributed by atoms with Crippen LogP contribution in [0.3, 0.4) is 0 Å². The number of ether oxygens (including phenoxy) is 2. The number of hydrogen-bond acceptors (Lipinski definition) is 5. The van der Waals surface area contributed by atoms with Gasteiger partial charge in [-0.15, -0.1) is 24.0 Å². The first kappa shape index (κ1) is 26.2. The van der Waals surface area contributed by atoms with E-state index in [0.29, 0.717) is 24.6 Å². The molecule has 170 valence electrons. The fraction of sp³-hybridized carbons (Fsp3) is 0.600. The number of hydrogen-bond donors (Lipinski definition) is 2. The number of esters is 1. The van der Waals surface area contributed by atoms with Crippen molar-refractivity contribution >= 4 is 41.6 Å². The zero-order valence-electron chi connectivity index (χ0n) is 17.4. The minimum atomic E-state index is -2.84. The van der Waals surface area contributed by atoms with Crippen LogP contribution in [0.5, 0.6) is 5.75 Å². The summed E-state index contributed by atoms with van der Waals surface area (Å²) in [5.41, 5.74) is 0.672. The molecule has 1 saturated heterocycles. The zero-order chi connectivity index (χ0) is 21.1. The summed E-state index contributed by atoms with van der Waals surface area (Å²) >= 11 is 0. The summed E-state index contributed by atoms with van der Waals surface area (Å²) in [5.74, 6) is 0.723. The second-order valence-corrected chi connectivity index (χ2v) is 6.81. The summed E-state index contributed by atoms with van der Waals surface area (Å²) in [7, 11) is 3.11. The van der Waals surface area contributed by atoms with Crippen molar-refractivity contribution < 1.29 is 23.0 Å². The first-order chi connectivity index (χ1) is 14.0. The molecule has 1 aliphatic heterocycles. The van der Waals surface area contributed by atoms with Crippen molar-refractivity contribution in [3.63, 3.8) is 0 Å². The smallest absolute Gasteiger partial charge is 0.387 e. The second-order valence-electron chi connectivity index (χ2n) is 6.81. The molecule has 7 nitrogen and oxygen atoms in total. The van der Waals surface area contributed by atoms with Crippen molar-refractivity contribution in [2.24, 2.45) is 4.99 Å². The van der Waals surface area contributed by atoms with Crippen molar-refractivity contribution in [1.82, 2.24) is 10.6 Å². The molecule has 2 rings (SSSR count). The molecule has 0 saturated carbocycles. The number of methoxy groups -OCH3 is 1. The van der Waals surface area contributed by atoms with Gasteiger partial charge in [-0.25, -0.2) is 0 Å². The predicted octanol–water partition coefficient (Wildman–Crippen LogP) is 3.38. The lowest BCUT2D eigenvalue weighted by Crippen LogP contribution is -2.44. The number of unbranched alkanes of at least 4 members (excludes halogenated alkanes) is 2. The molecule has 1 fully saturated rings. The molecule has 0 amide bonds. The van der Waals surface area contributed by atoms with Crippen LogP contribution in [0.25, 0.3) is 0 Å². The molecule has 1 atom stereocenters. The summed E-state index contributed by atoms with van der Waals surface area (Å²) in [5, 5.41) is 6.65. The lowest BCUT2D eigenvalue weighted by molar-refractivity contribution is -0.140. The Kier molecular flexibility index (Phi) is 12.4. The Labute approximate surface area is 193 Å². The van der Waals surface area contributed by atoms with E-state index in [0.717, 1.165) is 38.8 Å². The van der Waals surface area contributed by atoms with E-state index < -0.39 is 6.61 Å². The average Bonchev–Trinajstić information content (AvgIpc) is 3.17. The molecule has 0 aliphatic carbocycles. The fourth-order valence-electron chi connectivity index (χ4n) is 3.28. The van der Waals surface area contributed by atoms with Crippen LogP contribution in [-0.2, 0) is 9.53 Å². The normalized spacial score (nSPS) is 16.2. The highest BCUT2D eigenvalue weighted by Gasteiger charge is 2.25. The minimum Gasteiger partial charge on any atom is -0.469 e. The van der Waals surface area contributed by atoms with Gasteiger partial charge in [-0.1, -0.05) is 18.6 Å². The van der Waals surface area contributed by atoms with Gasteiger partial charge in [0.15, 0.2) is 5.96 Å². The molecule has 0 spiro atoms. The van der Waals surface area contributed by atoms with Crippen LogP contribution in [0.4, 0.5) is 14.5 Å². The molecule has 2 N–H and O–H groups in total. The summed E-state index contributed by atoms with van der Waals surface area (Å²) in [6.45, 7) is -0.680. The third-order valence-electron chi connectivity index (χ3n) is 4.75. The van der Waals surface area contributed by atoms with Crippen LogP contribution in [0, 0.1) is 0 Å². The van der Waals surface area contributed by atoms with Crippen molar-refractivity contribution in [2.75, 3.05) is 38.7 Å². The van der Waals surface area contributed by atoms with Crippen LogP contribution < -0.4 is 20.3 Å². The molecular formula is C20H31F2IN4O3. The minimum absolute atomic E-state index is 0. The standard InChI is InChI=1S/C20H30F2N4O3.HI/c1-23-20(24-12-7-3-4-10-18(27)28-2)25-15-11-13-26(14-15)16-8-5-6-9-17(16)29-19(21)22;/h5-6,8-9,15,19H,3-4,7,10-14H2,1-2H3,(H2,23,24,25);1H. The second kappa shape index (κ2) is 14.2. The largest absolute Gasteiger partial charge is 0.469 e. The third kappa shape index (κ3) is 8.88. The monoisotopic (exact) mass is 540 g/mol. The van der Waals surface area contributed by atoms with Gasteiger partial charge in [0.1, 0.15) is 5.75 Å². The molecule has 1 aromatic carbocycles. The quantitative estimate of drug-likeness (QED) is 0.156. The number of nitrogens with one attached hydrogen (secondary N) is 2. The van der Waals surface area contributed by atoms with Crippen LogP contribution >= 0.6 is 24.0 Å². The highest BCUT2D eigenvalue weighted by atomic mass is 127. The molecule has 1 aromatic rings. The number of benzene rings is 1. The number of para-hydroxylation sites is 2. The first-order valence-electron chi connectivity index (χ1n) is 9.86. The van der Waals surface area contributed by atoms with E-state index in [2.05, 4.69) is 25.1 Å². The van der Waals surface area contributed by atoms with Gasteiger partial charge in [-0.2, -0.15) is 8.78 Å². The van der Waals surface area contributed by atoms with Crippen LogP contribution in [0.2, 0.25) is 0 Å². The number of alkyl halides is 2. The van der Waals surface area contributed by atoms with E-state index in [4.69, 9.17) is 0 Å². The topological polar surface area (TPSA) is 75.2 Å². The maximum absolute atomic E-state index is 12.6. The van der Waals surface area contributed by atoms with Gasteiger partial charge in [-0.3, -0.25) is 9.79 Å². The maximum Gasteiger partial charge on any atom is 0.387 e. The Morgan fingerprint density at radius 1 is 1.30 bits per heavy atom. The lowest BCUT2D eigenvalue weighted by atomic mass is 10.2. The van der Waals surface area contributed by atoms with Gasteiger partial charge in [0.05, 0.1) is 12.8 Å². The van der Waals surface area contributed by atoms with Gasteiger partial charge >= 0.3 is 12.6 Å². The van der Waals surface area contributed by atoms with Gasteiger partial charge in [0.2, 0.25) is 0 Å². The van der Waals surface area contributed by atoms with Crippen molar-refractivity contribution in [2.45, 2.75) is 44.8 Å². The Hall–Kier alpha value is -1.85. The molecule has 10 heteroatoms. The molecule has 1 aliphatic rings. The number of anilines is 1. The van der Waals surface area contributed by atoms with Crippen LogP contribution in [0.15, 0.2) is 29.3 Å². The molecule has 0 aromatic heterocycles. The van der Waals surface area contributed by atoms with Crippen molar-refractivity contribution in [3.05, 3.63) is 24.3 Å². The Morgan fingerprint density at radius 3 is 2.77 bits per heavy atom. The van der Waals surface area contributed by atoms with Gasteiger partial charge < -0.3 is 25.0 Å². The molecule has 0 bridgehead atoms. The number of guanidine groups is 1. The van der Waals surface area contributed by atoms with E-state index in [-0.39, 0.29) is 41.7 Å². The average molecular weight is 540 g/mol. The number of aliphatic imine (C=N–C) groups is 1. The summed E-state index contributed by atoms with van der Waals surface area (Å²) in [6, 6.07) is 7.00. The highest BCUT2D eigenvalue weighted by Crippen LogP contribution is 2.31. The van der Waals surface area contributed by atoms with E-state index in [1.807, 2.05) is 11.0 Å². The summed E-state index contributed by atoms with van der Waals surface area (Å²) < 4.78 is 34.5. The number of carbonyl (C=O) groups is 1. The van der Waals surface area contributed by atoms with Crippen molar-refractivity contribution in [1.29, 1.82) is 0 Å². The molecule has 0 radical (unpaired) electrons. The van der Waals surface area contributed by atoms with Crippen LogP contribution in [0.1, 0.15) is 32.1 Å². The number of nitrogens with zero attached hydrogens (tertiary/aromatic N) is 2. The Morgan fingerprint density at radius 2 is 2.07 bits per heavy atom. The lowest BCUT2D eigenvalue weighted by Gasteiger charge is -2.22. The SMILES string of the molecule is CN=C(NCCCCCC(=O)OC)NC1CCN(c2ccccc2OC(F)F)C1.I. The van der Waals surface area contributed by atoms with Gasteiger partial charge in [0, 0.05) is 39.1 Å². The molecule has 1 unspecified atom stereocenters. The van der Waals surface area contributed by atoms with Crippen LogP contribution in [-0.4, -0.2) is 58.4 Å². The number of halogens is 3. The highest BCUT2D eigenvalue weighted by molar-refractivity contribution is 14.0. The summed E-state index contributed by atoms with van der Waals surface area (Å²) in [6.07, 6.45) is 3.96. The first-order valence-corrected chi connectivity index (χ1v) is 9.86.